The average molecular weight is 383 g/mol. The third-order valence-electron chi connectivity index (χ3n) is 3.92. The van der Waals surface area contributed by atoms with E-state index in [1.54, 1.807) is 30.3 Å². The first kappa shape index (κ1) is 18.6. The molecule has 6 heteroatoms. The van der Waals surface area contributed by atoms with Crippen molar-refractivity contribution in [3.05, 3.63) is 94.3 Å². The summed E-state index contributed by atoms with van der Waals surface area (Å²) >= 11 is 6.07. The van der Waals surface area contributed by atoms with Gasteiger partial charge in [0, 0.05) is 27.5 Å². The van der Waals surface area contributed by atoms with Crippen LogP contribution in [0.15, 0.2) is 66.7 Å². The first-order valence-electron chi connectivity index (χ1n) is 8.17. The lowest BCUT2D eigenvalue weighted by Gasteiger charge is -2.09. The highest BCUT2D eigenvalue weighted by Crippen LogP contribution is 2.21. The Balaban J connectivity index is 1.73. The van der Waals surface area contributed by atoms with E-state index < -0.39 is 5.91 Å². The summed E-state index contributed by atoms with van der Waals surface area (Å²) in [5, 5.41) is 5.97. The van der Waals surface area contributed by atoms with Gasteiger partial charge in [-0.25, -0.2) is 4.39 Å². The second-order valence-corrected chi connectivity index (χ2v) is 6.37. The van der Waals surface area contributed by atoms with E-state index in [1.165, 1.54) is 30.3 Å². The number of carbonyl (C=O) groups excluding carboxylic acids is 2. The number of amides is 2. The van der Waals surface area contributed by atoms with Gasteiger partial charge in [0.25, 0.3) is 11.8 Å². The van der Waals surface area contributed by atoms with Gasteiger partial charge in [0.05, 0.1) is 0 Å². The normalized spacial score (nSPS) is 10.3. The minimum Gasteiger partial charge on any atom is -0.322 e. The molecule has 0 saturated carbocycles. The third kappa shape index (κ3) is 4.71. The molecule has 136 valence electrons. The number of rotatable bonds is 4. The van der Waals surface area contributed by atoms with Crippen LogP contribution in [0.4, 0.5) is 15.8 Å². The molecule has 0 heterocycles. The van der Waals surface area contributed by atoms with Crippen LogP contribution in [-0.4, -0.2) is 11.8 Å². The van der Waals surface area contributed by atoms with E-state index in [4.69, 9.17) is 11.6 Å². The maximum Gasteiger partial charge on any atom is 0.255 e. The summed E-state index contributed by atoms with van der Waals surface area (Å²) in [6.45, 7) is 1.87. The van der Waals surface area contributed by atoms with Gasteiger partial charge < -0.3 is 10.6 Å². The van der Waals surface area contributed by atoms with Gasteiger partial charge in [-0.15, -0.1) is 0 Å². The predicted molar refractivity (Wildman–Crippen MR) is 105 cm³/mol. The van der Waals surface area contributed by atoms with Crippen LogP contribution < -0.4 is 10.6 Å². The molecule has 0 aliphatic heterocycles. The molecule has 2 N–H and O–H groups in total. The minimum absolute atomic E-state index is 0.314. The van der Waals surface area contributed by atoms with Crippen molar-refractivity contribution in [1.29, 1.82) is 0 Å². The van der Waals surface area contributed by atoms with E-state index in [0.717, 1.165) is 5.56 Å². The van der Waals surface area contributed by atoms with E-state index >= 15 is 0 Å². The molecule has 0 atom stereocenters. The SMILES string of the molecule is Cc1ccc(NC(=O)c2cccc(C(=O)Nc3ccc(F)cc3)c2)cc1Cl. The minimum atomic E-state index is -0.394. The fourth-order valence-corrected chi connectivity index (χ4v) is 2.59. The third-order valence-corrected chi connectivity index (χ3v) is 4.33. The topological polar surface area (TPSA) is 58.2 Å². The highest BCUT2D eigenvalue weighted by molar-refractivity contribution is 6.31. The molecule has 0 saturated heterocycles. The van der Waals surface area contributed by atoms with Crippen LogP contribution in [0.3, 0.4) is 0 Å². The standard InChI is InChI=1S/C21H16ClFN2O2/c1-13-5-8-18(12-19(13)22)25-21(27)15-4-2-3-14(11-15)20(26)24-17-9-6-16(23)7-10-17/h2-12H,1H3,(H,24,26)(H,25,27). The lowest BCUT2D eigenvalue weighted by molar-refractivity contribution is 0.102. The van der Waals surface area contributed by atoms with Gasteiger partial charge in [-0.2, -0.15) is 0 Å². The number of nitrogens with one attached hydrogen (secondary N) is 2. The lowest BCUT2D eigenvalue weighted by Crippen LogP contribution is -2.15. The van der Waals surface area contributed by atoms with Crippen molar-refractivity contribution in [3.63, 3.8) is 0 Å². The van der Waals surface area contributed by atoms with Gasteiger partial charge >= 0.3 is 0 Å². The fraction of sp³-hybridized carbons (Fsp3) is 0.0476. The Morgan fingerprint density at radius 1 is 0.815 bits per heavy atom. The van der Waals surface area contributed by atoms with Crippen LogP contribution in [0, 0.1) is 12.7 Å². The molecular weight excluding hydrogens is 367 g/mol. The summed E-state index contributed by atoms with van der Waals surface area (Å²) in [5.74, 6) is -1.14. The molecule has 27 heavy (non-hydrogen) atoms. The quantitative estimate of drug-likeness (QED) is 0.644. The van der Waals surface area contributed by atoms with E-state index in [2.05, 4.69) is 10.6 Å². The smallest absolute Gasteiger partial charge is 0.255 e. The van der Waals surface area contributed by atoms with E-state index in [1.807, 2.05) is 13.0 Å². The van der Waals surface area contributed by atoms with Crippen molar-refractivity contribution in [2.24, 2.45) is 0 Å². The Kier molecular flexibility index (Phi) is 5.52. The molecule has 0 unspecified atom stereocenters. The molecule has 0 bridgehead atoms. The highest BCUT2D eigenvalue weighted by atomic mass is 35.5. The molecule has 2 amide bonds. The summed E-state index contributed by atoms with van der Waals surface area (Å²) in [4.78, 5) is 24.8. The number of anilines is 2. The Morgan fingerprint density at radius 3 is 1.96 bits per heavy atom. The Morgan fingerprint density at radius 2 is 1.37 bits per heavy atom. The summed E-state index contributed by atoms with van der Waals surface area (Å²) in [6, 6.07) is 17.0. The summed E-state index contributed by atoms with van der Waals surface area (Å²) in [7, 11) is 0. The highest BCUT2D eigenvalue weighted by Gasteiger charge is 2.12. The van der Waals surface area contributed by atoms with Crippen LogP contribution in [-0.2, 0) is 0 Å². The van der Waals surface area contributed by atoms with Gasteiger partial charge in [-0.05, 0) is 67.1 Å². The summed E-state index contributed by atoms with van der Waals surface area (Å²) in [5.41, 5.74) is 2.59. The summed E-state index contributed by atoms with van der Waals surface area (Å²) in [6.07, 6.45) is 0. The van der Waals surface area contributed by atoms with Crippen molar-refractivity contribution in [2.45, 2.75) is 6.92 Å². The van der Waals surface area contributed by atoms with Gasteiger partial charge in [0.1, 0.15) is 5.82 Å². The predicted octanol–water partition coefficient (Wildman–Crippen LogP) is 5.29. The number of benzene rings is 3. The largest absolute Gasteiger partial charge is 0.322 e. The van der Waals surface area contributed by atoms with E-state index in [-0.39, 0.29) is 11.7 Å². The number of hydrogen-bond acceptors (Lipinski definition) is 2. The Labute approximate surface area is 161 Å². The number of halogens is 2. The Hall–Kier alpha value is -3.18. The Bertz CT molecular complexity index is 1000. The van der Waals surface area contributed by atoms with Crippen molar-refractivity contribution in [2.75, 3.05) is 10.6 Å². The molecular formula is C21H16ClFN2O2. The first-order chi connectivity index (χ1) is 12.9. The molecule has 0 radical (unpaired) electrons. The van der Waals surface area contributed by atoms with Crippen LogP contribution in [0.5, 0.6) is 0 Å². The fourth-order valence-electron chi connectivity index (χ4n) is 2.41. The molecule has 0 fully saturated rings. The maximum atomic E-state index is 12.9. The van der Waals surface area contributed by atoms with Crippen molar-refractivity contribution in [1.82, 2.24) is 0 Å². The van der Waals surface area contributed by atoms with Crippen LogP contribution >= 0.6 is 11.6 Å². The zero-order chi connectivity index (χ0) is 19.4. The number of hydrogen-bond donors (Lipinski definition) is 2. The monoisotopic (exact) mass is 382 g/mol. The van der Waals surface area contributed by atoms with Crippen LogP contribution in [0.25, 0.3) is 0 Å². The zero-order valence-corrected chi connectivity index (χ0v) is 15.2. The van der Waals surface area contributed by atoms with Crippen LogP contribution in [0.2, 0.25) is 5.02 Å². The lowest BCUT2D eigenvalue weighted by atomic mass is 10.1. The van der Waals surface area contributed by atoms with Crippen LogP contribution in [0.1, 0.15) is 26.3 Å². The van der Waals surface area contributed by atoms with Gasteiger partial charge in [0.15, 0.2) is 0 Å². The van der Waals surface area contributed by atoms with Crippen molar-refractivity contribution in [3.8, 4) is 0 Å². The van der Waals surface area contributed by atoms with Gasteiger partial charge in [0.2, 0.25) is 0 Å². The average Bonchev–Trinajstić information content (AvgIpc) is 2.66. The van der Waals surface area contributed by atoms with E-state index in [0.29, 0.717) is 27.5 Å². The molecule has 3 aromatic rings. The maximum absolute atomic E-state index is 12.9. The summed E-state index contributed by atoms with van der Waals surface area (Å²) < 4.78 is 12.9. The van der Waals surface area contributed by atoms with Crippen molar-refractivity contribution >= 4 is 34.8 Å². The molecule has 0 aliphatic carbocycles. The molecule has 4 nitrogen and oxygen atoms in total. The zero-order valence-electron chi connectivity index (χ0n) is 14.4. The second-order valence-electron chi connectivity index (χ2n) is 5.96. The number of carbonyl (C=O) groups is 2. The van der Waals surface area contributed by atoms with Crippen molar-refractivity contribution < 1.29 is 14.0 Å². The molecule has 3 rings (SSSR count). The molecule has 0 aromatic heterocycles. The molecule has 0 spiro atoms. The molecule has 0 aliphatic rings. The van der Waals surface area contributed by atoms with Gasteiger partial charge in [-0.3, -0.25) is 9.59 Å². The van der Waals surface area contributed by atoms with Gasteiger partial charge in [-0.1, -0.05) is 23.7 Å². The van der Waals surface area contributed by atoms with E-state index in [9.17, 15) is 14.0 Å². The second kappa shape index (κ2) is 8.01. The molecule has 3 aromatic carbocycles. The first-order valence-corrected chi connectivity index (χ1v) is 8.54. The number of aryl methyl sites for hydroxylation is 1.